The first-order valence-electron chi connectivity index (χ1n) is 9.05. The van der Waals surface area contributed by atoms with Gasteiger partial charge in [-0.1, -0.05) is 41.0 Å². The van der Waals surface area contributed by atoms with Crippen LogP contribution in [0.15, 0.2) is 58.8 Å². The molecule has 0 saturated heterocycles. The zero-order valence-corrected chi connectivity index (χ0v) is 18.5. The molecule has 158 valence electrons. The molecule has 1 atom stereocenters. The minimum atomic E-state index is -0.449. The fourth-order valence-electron chi connectivity index (χ4n) is 2.60. The fraction of sp³-hybridized carbons (Fsp3) is 0.250. The molecule has 0 spiro atoms. The van der Waals surface area contributed by atoms with Gasteiger partial charge in [-0.15, -0.1) is 16.8 Å². The zero-order chi connectivity index (χ0) is 21.5. The zero-order valence-electron chi connectivity index (χ0n) is 16.2. The van der Waals surface area contributed by atoms with Gasteiger partial charge in [-0.05, 0) is 31.2 Å². The van der Waals surface area contributed by atoms with Gasteiger partial charge in [-0.25, -0.2) is 0 Å². The average Bonchev–Trinajstić information content (AvgIpc) is 3.38. The number of amides is 1. The maximum atomic E-state index is 12.1. The highest BCUT2D eigenvalue weighted by atomic mass is 35.5. The fourth-order valence-corrected chi connectivity index (χ4v) is 3.71. The van der Waals surface area contributed by atoms with E-state index in [4.69, 9.17) is 32.4 Å². The van der Waals surface area contributed by atoms with E-state index in [1.54, 1.807) is 42.7 Å². The molecular weight excluding hydrogens is 447 g/mol. The predicted octanol–water partition coefficient (Wildman–Crippen LogP) is 4.91. The highest BCUT2D eigenvalue weighted by Gasteiger charge is 2.20. The third kappa shape index (κ3) is 5.81. The van der Waals surface area contributed by atoms with Crippen molar-refractivity contribution in [3.63, 3.8) is 0 Å². The van der Waals surface area contributed by atoms with Crippen molar-refractivity contribution in [3.05, 3.63) is 70.9 Å². The second kappa shape index (κ2) is 10.6. The molecule has 30 heavy (non-hydrogen) atoms. The normalized spacial score (nSPS) is 11.8. The van der Waals surface area contributed by atoms with E-state index in [1.165, 1.54) is 11.8 Å². The Bertz CT molecular complexity index is 1010. The highest BCUT2D eigenvalue weighted by molar-refractivity contribution is 7.99. The summed E-state index contributed by atoms with van der Waals surface area (Å²) in [6.45, 7) is 6.43. The van der Waals surface area contributed by atoms with Gasteiger partial charge >= 0.3 is 0 Å². The topological polar surface area (TPSA) is 82.2 Å². The standard InChI is InChI=1S/C20H20Cl2N4O3S/c1-3-8-26-19(13(2)29-17-10-14(21)6-7-16(17)22)24-25-20(26)30-12-18(27)23-11-15-5-4-9-28-15/h3-7,9-10,13H,1,8,11-12H2,2H3,(H,23,27). The number of nitrogens with zero attached hydrogens (tertiary/aromatic N) is 3. The number of allylic oxidation sites excluding steroid dienone is 1. The number of carbonyl (C=O) groups excluding carboxylic acids is 1. The van der Waals surface area contributed by atoms with E-state index >= 15 is 0 Å². The number of halogens is 2. The SMILES string of the molecule is C=CCn1c(SCC(=O)NCc2ccco2)nnc1C(C)Oc1cc(Cl)ccc1Cl. The van der Waals surface area contributed by atoms with Crippen LogP contribution >= 0.6 is 35.0 Å². The number of aromatic nitrogens is 3. The van der Waals surface area contributed by atoms with Crippen LogP contribution in [0.3, 0.4) is 0 Å². The Hall–Kier alpha value is -2.42. The Morgan fingerprint density at radius 3 is 2.97 bits per heavy atom. The summed E-state index contributed by atoms with van der Waals surface area (Å²) in [6.07, 6.45) is 2.85. The molecule has 0 saturated carbocycles. The van der Waals surface area contributed by atoms with E-state index in [0.29, 0.717) is 45.6 Å². The molecule has 2 heterocycles. The Balaban J connectivity index is 1.65. The van der Waals surface area contributed by atoms with Gasteiger partial charge in [0.25, 0.3) is 0 Å². The molecular formula is C20H20Cl2N4O3S. The number of carbonyl (C=O) groups is 1. The summed E-state index contributed by atoms with van der Waals surface area (Å²) in [5.41, 5.74) is 0. The minimum absolute atomic E-state index is 0.138. The first-order chi connectivity index (χ1) is 14.5. The summed E-state index contributed by atoms with van der Waals surface area (Å²) in [4.78, 5) is 12.1. The number of rotatable bonds is 10. The number of benzene rings is 1. The van der Waals surface area contributed by atoms with Crippen LogP contribution in [-0.4, -0.2) is 26.4 Å². The molecule has 0 radical (unpaired) electrons. The second-order valence-electron chi connectivity index (χ2n) is 6.22. The number of ether oxygens (including phenoxy) is 1. The smallest absolute Gasteiger partial charge is 0.230 e. The van der Waals surface area contributed by atoms with E-state index in [0.717, 1.165) is 0 Å². The van der Waals surface area contributed by atoms with E-state index in [9.17, 15) is 4.79 Å². The van der Waals surface area contributed by atoms with Crippen LogP contribution in [-0.2, 0) is 17.9 Å². The maximum Gasteiger partial charge on any atom is 0.230 e. The predicted molar refractivity (Wildman–Crippen MR) is 117 cm³/mol. The summed E-state index contributed by atoms with van der Waals surface area (Å²) in [7, 11) is 0. The van der Waals surface area contributed by atoms with Crippen molar-refractivity contribution in [3.8, 4) is 5.75 Å². The third-order valence-corrected chi connectivity index (χ3v) is 5.50. The highest BCUT2D eigenvalue weighted by Crippen LogP contribution is 2.32. The van der Waals surface area contributed by atoms with Gasteiger partial charge in [0, 0.05) is 17.6 Å². The van der Waals surface area contributed by atoms with Crippen LogP contribution < -0.4 is 10.1 Å². The van der Waals surface area contributed by atoms with Crippen molar-refractivity contribution in [2.45, 2.75) is 31.3 Å². The van der Waals surface area contributed by atoms with Gasteiger partial charge in [0.05, 0.1) is 23.6 Å². The van der Waals surface area contributed by atoms with Crippen molar-refractivity contribution in [2.75, 3.05) is 5.75 Å². The number of hydrogen-bond donors (Lipinski definition) is 1. The van der Waals surface area contributed by atoms with Gasteiger partial charge in [-0.2, -0.15) is 0 Å². The average molecular weight is 467 g/mol. The van der Waals surface area contributed by atoms with Gasteiger partial charge in [0.2, 0.25) is 5.91 Å². The van der Waals surface area contributed by atoms with Crippen LogP contribution in [0, 0.1) is 0 Å². The molecule has 0 aliphatic rings. The van der Waals surface area contributed by atoms with Gasteiger partial charge in [-0.3, -0.25) is 9.36 Å². The van der Waals surface area contributed by atoms with Crippen molar-refractivity contribution in [2.24, 2.45) is 0 Å². The first kappa shape index (κ1) is 22.3. The van der Waals surface area contributed by atoms with Crippen LogP contribution in [0.5, 0.6) is 5.75 Å². The molecule has 10 heteroatoms. The molecule has 0 bridgehead atoms. The Morgan fingerprint density at radius 1 is 1.40 bits per heavy atom. The molecule has 1 amide bonds. The number of hydrogen-bond acceptors (Lipinski definition) is 6. The summed E-state index contributed by atoms with van der Waals surface area (Å²) < 4.78 is 13.0. The first-order valence-corrected chi connectivity index (χ1v) is 10.8. The monoisotopic (exact) mass is 466 g/mol. The summed E-state index contributed by atoms with van der Waals surface area (Å²) in [6, 6.07) is 8.58. The van der Waals surface area contributed by atoms with E-state index in [1.807, 2.05) is 11.5 Å². The Morgan fingerprint density at radius 2 is 2.23 bits per heavy atom. The minimum Gasteiger partial charge on any atom is -0.481 e. The number of furan rings is 1. The maximum absolute atomic E-state index is 12.1. The quantitative estimate of drug-likeness (QED) is 0.337. The summed E-state index contributed by atoms with van der Waals surface area (Å²) >= 11 is 13.5. The van der Waals surface area contributed by atoms with Crippen molar-refractivity contribution < 1.29 is 13.9 Å². The number of nitrogens with one attached hydrogen (secondary N) is 1. The van der Waals surface area contributed by atoms with Gasteiger partial charge < -0.3 is 14.5 Å². The van der Waals surface area contributed by atoms with E-state index in [2.05, 4.69) is 22.1 Å². The lowest BCUT2D eigenvalue weighted by atomic mass is 10.3. The number of thioether (sulfide) groups is 1. The van der Waals surface area contributed by atoms with E-state index < -0.39 is 6.10 Å². The molecule has 2 aromatic heterocycles. The molecule has 3 aromatic rings. The van der Waals surface area contributed by atoms with Crippen molar-refractivity contribution in [1.82, 2.24) is 20.1 Å². The lowest BCUT2D eigenvalue weighted by Crippen LogP contribution is -2.24. The largest absolute Gasteiger partial charge is 0.481 e. The Labute approximate surface area is 188 Å². The molecule has 1 aromatic carbocycles. The van der Waals surface area contributed by atoms with Crippen LogP contribution in [0.25, 0.3) is 0 Å². The van der Waals surface area contributed by atoms with E-state index in [-0.39, 0.29) is 11.7 Å². The van der Waals surface area contributed by atoms with Gasteiger partial charge in [0.1, 0.15) is 11.5 Å². The van der Waals surface area contributed by atoms with Crippen molar-refractivity contribution in [1.29, 1.82) is 0 Å². The molecule has 0 fully saturated rings. The van der Waals surface area contributed by atoms with Crippen LogP contribution in [0.2, 0.25) is 10.0 Å². The molecule has 7 nitrogen and oxygen atoms in total. The third-order valence-electron chi connectivity index (χ3n) is 3.99. The van der Waals surface area contributed by atoms with Crippen LogP contribution in [0.4, 0.5) is 0 Å². The second-order valence-corrected chi connectivity index (χ2v) is 8.01. The summed E-state index contributed by atoms with van der Waals surface area (Å²) in [5, 5.41) is 12.8. The van der Waals surface area contributed by atoms with Crippen LogP contribution in [0.1, 0.15) is 24.6 Å². The van der Waals surface area contributed by atoms with Gasteiger partial charge in [0.15, 0.2) is 17.1 Å². The molecule has 0 aliphatic heterocycles. The molecule has 3 rings (SSSR count). The lowest BCUT2D eigenvalue weighted by molar-refractivity contribution is -0.118. The summed E-state index contributed by atoms with van der Waals surface area (Å²) in [5.74, 6) is 1.78. The molecule has 1 unspecified atom stereocenters. The Kier molecular flexibility index (Phi) is 7.84. The lowest BCUT2D eigenvalue weighted by Gasteiger charge is -2.16. The molecule has 0 aliphatic carbocycles. The molecule has 1 N–H and O–H groups in total. The van der Waals surface area contributed by atoms with Crippen molar-refractivity contribution >= 4 is 40.9 Å².